The van der Waals surface area contributed by atoms with Crippen LogP contribution in [0.1, 0.15) is 0 Å². The molecule has 1 heterocycles. The van der Waals surface area contributed by atoms with Crippen molar-refractivity contribution in [3.63, 3.8) is 0 Å². The number of para-hydroxylation sites is 2. The van der Waals surface area contributed by atoms with E-state index in [4.69, 9.17) is 0 Å². The van der Waals surface area contributed by atoms with Gasteiger partial charge in [0.25, 0.3) is 0 Å². The number of hydrogen-bond donors (Lipinski definition) is 0. The minimum absolute atomic E-state index is 1.14. The Labute approximate surface area is 226 Å². The molecule has 0 saturated carbocycles. The van der Waals surface area contributed by atoms with Crippen LogP contribution in [-0.4, -0.2) is 0 Å². The van der Waals surface area contributed by atoms with Crippen LogP contribution in [0.5, 0.6) is 0 Å². The van der Waals surface area contributed by atoms with Crippen LogP contribution in [0.25, 0.3) is 42.4 Å². The molecule has 0 unspecified atom stereocenters. The zero-order chi connectivity index (χ0) is 25.3. The third kappa shape index (κ3) is 4.15. The molecule has 38 heavy (non-hydrogen) atoms. The van der Waals surface area contributed by atoms with E-state index in [9.17, 15) is 0 Å². The van der Waals surface area contributed by atoms with E-state index >= 15 is 0 Å². The van der Waals surface area contributed by atoms with Crippen LogP contribution in [0.4, 0.5) is 17.1 Å². The Kier molecular flexibility index (Phi) is 5.73. The first-order valence-corrected chi connectivity index (χ1v) is 13.7. The second-order valence-electron chi connectivity index (χ2n) is 9.44. The molecule has 0 saturated heterocycles. The summed E-state index contributed by atoms with van der Waals surface area (Å²) < 4.78 is 2.67. The van der Waals surface area contributed by atoms with Crippen molar-refractivity contribution in [2.24, 2.45) is 0 Å². The summed E-state index contributed by atoms with van der Waals surface area (Å²) >= 11 is 1.87. The van der Waals surface area contributed by atoms with Crippen LogP contribution < -0.4 is 4.90 Å². The summed E-state index contributed by atoms with van der Waals surface area (Å²) in [5.41, 5.74) is 8.34. The van der Waals surface area contributed by atoms with Gasteiger partial charge in [-0.2, -0.15) is 0 Å². The average Bonchev–Trinajstić information content (AvgIpc) is 3.37. The molecule has 0 aliphatic rings. The van der Waals surface area contributed by atoms with E-state index in [1.54, 1.807) is 0 Å². The predicted molar refractivity (Wildman–Crippen MR) is 165 cm³/mol. The van der Waals surface area contributed by atoms with Gasteiger partial charge < -0.3 is 4.90 Å². The van der Waals surface area contributed by atoms with E-state index < -0.39 is 0 Å². The highest BCUT2D eigenvalue weighted by atomic mass is 32.1. The molecule has 6 aromatic carbocycles. The molecule has 2 heteroatoms. The van der Waals surface area contributed by atoms with Gasteiger partial charge in [0.1, 0.15) is 0 Å². The lowest BCUT2D eigenvalue weighted by atomic mass is 9.98. The minimum atomic E-state index is 1.14. The lowest BCUT2D eigenvalue weighted by molar-refractivity contribution is 1.28. The second-order valence-corrected chi connectivity index (χ2v) is 10.5. The second kappa shape index (κ2) is 9.66. The maximum absolute atomic E-state index is 2.33. The van der Waals surface area contributed by atoms with E-state index in [0.29, 0.717) is 0 Å². The van der Waals surface area contributed by atoms with Gasteiger partial charge in [-0.05, 0) is 76.9 Å². The molecule has 0 radical (unpaired) electrons. The van der Waals surface area contributed by atoms with Crippen LogP contribution >= 0.6 is 11.3 Å². The average molecular weight is 504 g/mol. The third-order valence-electron chi connectivity index (χ3n) is 7.06. The molecule has 0 aliphatic heterocycles. The SMILES string of the molecule is c1ccc(N(c2ccccc2)c2ccc(-c3cccc(-c4ccc5c(c4)sc4ccccc45)c3)cc2)cc1. The van der Waals surface area contributed by atoms with Crippen molar-refractivity contribution in [1.82, 2.24) is 0 Å². The van der Waals surface area contributed by atoms with Crippen LogP contribution in [0.15, 0.2) is 152 Å². The molecule has 0 fully saturated rings. The van der Waals surface area contributed by atoms with Gasteiger partial charge in [0.05, 0.1) is 0 Å². The quantitative estimate of drug-likeness (QED) is 0.226. The number of nitrogens with zero attached hydrogens (tertiary/aromatic N) is 1. The molecular weight excluding hydrogens is 478 g/mol. The smallest absolute Gasteiger partial charge is 0.0462 e. The molecule has 0 spiro atoms. The fraction of sp³-hybridized carbons (Fsp3) is 0. The van der Waals surface area contributed by atoms with Crippen molar-refractivity contribution in [2.75, 3.05) is 4.90 Å². The zero-order valence-electron chi connectivity index (χ0n) is 20.8. The molecule has 7 aromatic rings. The van der Waals surface area contributed by atoms with E-state index in [0.717, 1.165) is 17.1 Å². The Hall–Kier alpha value is -4.66. The van der Waals surface area contributed by atoms with Gasteiger partial charge in [0.15, 0.2) is 0 Å². The summed E-state index contributed by atoms with van der Waals surface area (Å²) in [5.74, 6) is 0. The molecule has 0 bridgehead atoms. The lowest BCUT2D eigenvalue weighted by Gasteiger charge is -2.25. The monoisotopic (exact) mass is 503 g/mol. The third-order valence-corrected chi connectivity index (χ3v) is 8.20. The summed E-state index contributed by atoms with van der Waals surface area (Å²) in [6, 6.07) is 54.3. The first kappa shape index (κ1) is 22.5. The molecule has 7 rings (SSSR count). The Balaban J connectivity index is 1.23. The van der Waals surface area contributed by atoms with Crippen molar-refractivity contribution in [3.05, 3.63) is 152 Å². The standard InChI is InChI=1S/C36H25NS/c1-3-12-30(13-4-1)37(31-14-5-2-6-15-31)32-21-18-26(19-22-32)27-10-9-11-28(24-27)29-20-23-34-33-16-7-8-17-35(33)38-36(34)25-29/h1-25H. The minimum Gasteiger partial charge on any atom is -0.311 e. The lowest BCUT2D eigenvalue weighted by Crippen LogP contribution is -2.09. The first-order chi connectivity index (χ1) is 18.8. The Morgan fingerprint density at radius 1 is 0.342 bits per heavy atom. The highest BCUT2D eigenvalue weighted by Gasteiger charge is 2.12. The molecule has 0 aliphatic carbocycles. The summed E-state index contributed by atoms with van der Waals surface area (Å²) in [6.45, 7) is 0. The fourth-order valence-electron chi connectivity index (χ4n) is 5.19. The Bertz CT molecular complexity index is 1810. The predicted octanol–water partition coefficient (Wildman–Crippen LogP) is 10.9. The number of fused-ring (bicyclic) bond motifs is 3. The van der Waals surface area contributed by atoms with Crippen molar-refractivity contribution >= 4 is 48.6 Å². The number of rotatable bonds is 5. The van der Waals surface area contributed by atoms with E-state index in [1.807, 2.05) is 11.3 Å². The van der Waals surface area contributed by atoms with Crippen LogP contribution in [0.2, 0.25) is 0 Å². The molecule has 0 atom stereocenters. The van der Waals surface area contributed by atoms with Crippen molar-refractivity contribution in [2.45, 2.75) is 0 Å². The molecule has 0 N–H and O–H groups in total. The van der Waals surface area contributed by atoms with Crippen LogP contribution in [0.3, 0.4) is 0 Å². The molecule has 1 nitrogen and oxygen atoms in total. The number of hydrogen-bond acceptors (Lipinski definition) is 2. The van der Waals surface area contributed by atoms with Crippen LogP contribution in [0, 0.1) is 0 Å². The molecule has 1 aromatic heterocycles. The van der Waals surface area contributed by atoms with Crippen molar-refractivity contribution in [3.8, 4) is 22.3 Å². The Morgan fingerprint density at radius 2 is 0.868 bits per heavy atom. The maximum Gasteiger partial charge on any atom is 0.0462 e. The normalized spacial score (nSPS) is 11.2. The van der Waals surface area contributed by atoms with Gasteiger partial charge in [-0.3, -0.25) is 0 Å². The van der Waals surface area contributed by atoms with E-state index in [-0.39, 0.29) is 0 Å². The van der Waals surface area contributed by atoms with E-state index in [1.165, 1.54) is 42.4 Å². The van der Waals surface area contributed by atoms with E-state index in [2.05, 4.69) is 157 Å². The van der Waals surface area contributed by atoms with Gasteiger partial charge in [-0.1, -0.05) is 97.1 Å². The van der Waals surface area contributed by atoms with Gasteiger partial charge in [0, 0.05) is 37.2 Å². The molecule has 180 valence electrons. The highest BCUT2D eigenvalue weighted by molar-refractivity contribution is 7.25. The van der Waals surface area contributed by atoms with Gasteiger partial charge in [-0.25, -0.2) is 0 Å². The van der Waals surface area contributed by atoms with Crippen molar-refractivity contribution < 1.29 is 0 Å². The highest BCUT2D eigenvalue weighted by Crippen LogP contribution is 2.38. The number of benzene rings is 6. The molecule has 0 amide bonds. The number of anilines is 3. The largest absolute Gasteiger partial charge is 0.311 e. The molecular formula is C36H25NS. The van der Waals surface area contributed by atoms with Gasteiger partial charge >= 0.3 is 0 Å². The topological polar surface area (TPSA) is 3.24 Å². The van der Waals surface area contributed by atoms with Gasteiger partial charge in [0.2, 0.25) is 0 Å². The zero-order valence-corrected chi connectivity index (χ0v) is 21.6. The summed E-state index contributed by atoms with van der Waals surface area (Å²) in [7, 11) is 0. The maximum atomic E-state index is 2.33. The summed E-state index contributed by atoms with van der Waals surface area (Å²) in [4.78, 5) is 2.29. The fourth-order valence-corrected chi connectivity index (χ4v) is 6.33. The van der Waals surface area contributed by atoms with Crippen molar-refractivity contribution in [1.29, 1.82) is 0 Å². The van der Waals surface area contributed by atoms with Crippen LogP contribution in [-0.2, 0) is 0 Å². The Morgan fingerprint density at radius 3 is 1.58 bits per heavy atom. The van der Waals surface area contributed by atoms with Gasteiger partial charge in [-0.15, -0.1) is 11.3 Å². The number of thiophene rings is 1. The summed E-state index contributed by atoms with van der Waals surface area (Å²) in [6.07, 6.45) is 0. The first-order valence-electron chi connectivity index (χ1n) is 12.9. The summed E-state index contributed by atoms with van der Waals surface area (Å²) in [5, 5.41) is 2.68.